The number of nitrogens with zero attached hydrogens (tertiary/aromatic N) is 1. The standard InChI is InChI=1S/C11H17N3O2/c1-8(10(12)11(15)13-2)16-7-9-4-3-5-14-6-9/h3-6,8,10H,7,12H2,1-2H3,(H,13,15)/t8-,10+/m1/s1. The number of nitrogens with two attached hydrogens (primary N) is 1. The van der Waals surface area contributed by atoms with Gasteiger partial charge in [-0.25, -0.2) is 0 Å². The third-order valence-electron chi connectivity index (χ3n) is 2.29. The zero-order chi connectivity index (χ0) is 12.0. The Morgan fingerprint density at radius 3 is 3.00 bits per heavy atom. The van der Waals surface area contributed by atoms with E-state index in [1.54, 1.807) is 26.4 Å². The van der Waals surface area contributed by atoms with Crippen molar-refractivity contribution in [2.75, 3.05) is 7.05 Å². The number of hydrogen-bond donors (Lipinski definition) is 2. The maximum Gasteiger partial charge on any atom is 0.239 e. The monoisotopic (exact) mass is 223 g/mol. The van der Waals surface area contributed by atoms with Gasteiger partial charge in [-0.05, 0) is 18.6 Å². The van der Waals surface area contributed by atoms with Crippen molar-refractivity contribution in [2.45, 2.75) is 25.7 Å². The lowest BCUT2D eigenvalue weighted by Gasteiger charge is -2.18. The molecule has 5 heteroatoms. The number of pyridine rings is 1. The molecule has 0 aliphatic heterocycles. The molecule has 2 atom stereocenters. The van der Waals surface area contributed by atoms with Gasteiger partial charge in [0.25, 0.3) is 0 Å². The predicted octanol–water partition coefficient (Wildman–Crippen LogP) is 0.0600. The number of likely N-dealkylation sites (N-methyl/N-ethyl adjacent to an activating group) is 1. The van der Waals surface area contributed by atoms with E-state index in [4.69, 9.17) is 10.5 Å². The van der Waals surface area contributed by atoms with Crippen LogP contribution in [0.15, 0.2) is 24.5 Å². The third-order valence-corrected chi connectivity index (χ3v) is 2.29. The summed E-state index contributed by atoms with van der Waals surface area (Å²) in [5.74, 6) is -0.223. The van der Waals surface area contributed by atoms with Crippen LogP contribution in [0.1, 0.15) is 12.5 Å². The Morgan fingerprint density at radius 2 is 2.44 bits per heavy atom. The van der Waals surface area contributed by atoms with Gasteiger partial charge in [-0.3, -0.25) is 9.78 Å². The van der Waals surface area contributed by atoms with Crippen molar-refractivity contribution in [3.8, 4) is 0 Å². The van der Waals surface area contributed by atoms with Crippen molar-refractivity contribution in [2.24, 2.45) is 5.73 Å². The van der Waals surface area contributed by atoms with Crippen LogP contribution in [0.4, 0.5) is 0 Å². The van der Waals surface area contributed by atoms with Crippen molar-refractivity contribution in [1.82, 2.24) is 10.3 Å². The molecule has 1 aromatic heterocycles. The number of hydrogen-bond acceptors (Lipinski definition) is 4. The van der Waals surface area contributed by atoms with E-state index in [1.165, 1.54) is 0 Å². The molecular weight excluding hydrogens is 206 g/mol. The van der Waals surface area contributed by atoms with Gasteiger partial charge in [0.2, 0.25) is 5.91 Å². The minimum absolute atomic E-state index is 0.223. The Labute approximate surface area is 95.0 Å². The van der Waals surface area contributed by atoms with E-state index in [2.05, 4.69) is 10.3 Å². The van der Waals surface area contributed by atoms with E-state index in [9.17, 15) is 4.79 Å². The number of nitrogens with one attached hydrogen (secondary N) is 1. The van der Waals surface area contributed by atoms with E-state index in [-0.39, 0.29) is 12.0 Å². The summed E-state index contributed by atoms with van der Waals surface area (Å²) in [5.41, 5.74) is 6.64. The van der Waals surface area contributed by atoms with Gasteiger partial charge in [0.15, 0.2) is 0 Å². The maximum absolute atomic E-state index is 11.2. The zero-order valence-electron chi connectivity index (χ0n) is 9.51. The van der Waals surface area contributed by atoms with Gasteiger partial charge in [-0.2, -0.15) is 0 Å². The molecule has 1 rings (SSSR count). The molecule has 88 valence electrons. The molecule has 1 amide bonds. The lowest BCUT2D eigenvalue weighted by atomic mass is 10.2. The summed E-state index contributed by atoms with van der Waals surface area (Å²) in [4.78, 5) is 15.2. The van der Waals surface area contributed by atoms with Crippen LogP contribution in [0.2, 0.25) is 0 Å². The number of carbonyl (C=O) groups excluding carboxylic acids is 1. The highest BCUT2D eigenvalue weighted by molar-refractivity contribution is 5.81. The number of carbonyl (C=O) groups is 1. The fourth-order valence-electron chi connectivity index (χ4n) is 1.19. The number of amides is 1. The first kappa shape index (κ1) is 12.6. The van der Waals surface area contributed by atoms with Gasteiger partial charge in [0.05, 0.1) is 12.7 Å². The fraction of sp³-hybridized carbons (Fsp3) is 0.455. The van der Waals surface area contributed by atoms with Crippen LogP contribution in [0.25, 0.3) is 0 Å². The van der Waals surface area contributed by atoms with Crippen LogP contribution in [0.5, 0.6) is 0 Å². The van der Waals surface area contributed by atoms with Crippen LogP contribution in [-0.4, -0.2) is 30.1 Å². The Morgan fingerprint density at radius 1 is 1.69 bits per heavy atom. The highest BCUT2D eigenvalue weighted by Gasteiger charge is 2.20. The van der Waals surface area contributed by atoms with Crippen LogP contribution < -0.4 is 11.1 Å². The first-order chi connectivity index (χ1) is 7.65. The molecule has 0 bridgehead atoms. The van der Waals surface area contributed by atoms with Crippen molar-refractivity contribution in [3.05, 3.63) is 30.1 Å². The van der Waals surface area contributed by atoms with Gasteiger partial charge >= 0.3 is 0 Å². The fourth-order valence-corrected chi connectivity index (χ4v) is 1.19. The SMILES string of the molecule is CNC(=O)[C@@H](N)[C@@H](C)OCc1cccnc1. The molecule has 1 aromatic rings. The highest BCUT2D eigenvalue weighted by Crippen LogP contribution is 2.03. The van der Waals surface area contributed by atoms with Crippen LogP contribution in [0, 0.1) is 0 Å². The molecule has 0 unspecified atom stereocenters. The molecule has 16 heavy (non-hydrogen) atoms. The van der Waals surface area contributed by atoms with E-state index in [0.29, 0.717) is 6.61 Å². The normalized spacial score (nSPS) is 14.2. The number of rotatable bonds is 5. The smallest absolute Gasteiger partial charge is 0.239 e. The van der Waals surface area contributed by atoms with E-state index >= 15 is 0 Å². The molecular formula is C11H17N3O2. The minimum Gasteiger partial charge on any atom is -0.372 e. The second-order valence-electron chi connectivity index (χ2n) is 3.52. The average molecular weight is 223 g/mol. The summed E-state index contributed by atoms with van der Waals surface area (Å²) < 4.78 is 5.49. The molecule has 0 aromatic carbocycles. The van der Waals surface area contributed by atoms with Crippen molar-refractivity contribution >= 4 is 5.91 Å². The molecule has 0 spiro atoms. The van der Waals surface area contributed by atoms with Gasteiger partial charge in [-0.1, -0.05) is 6.07 Å². The summed E-state index contributed by atoms with van der Waals surface area (Å²) in [6, 6.07) is 3.09. The maximum atomic E-state index is 11.2. The molecule has 0 aliphatic carbocycles. The summed E-state index contributed by atoms with van der Waals surface area (Å²) in [6.45, 7) is 2.18. The molecule has 0 saturated heterocycles. The van der Waals surface area contributed by atoms with Crippen LogP contribution in [0.3, 0.4) is 0 Å². The van der Waals surface area contributed by atoms with Gasteiger partial charge in [0, 0.05) is 19.4 Å². The molecule has 0 saturated carbocycles. The number of ether oxygens (including phenoxy) is 1. The second-order valence-corrected chi connectivity index (χ2v) is 3.52. The quantitative estimate of drug-likeness (QED) is 0.740. The third kappa shape index (κ3) is 3.60. The Balaban J connectivity index is 2.41. The van der Waals surface area contributed by atoms with E-state index in [1.807, 2.05) is 12.1 Å². The van der Waals surface area contributed by atoms with Crippen molar-refractivity contribution in [3.63, 3.8) is 0 Å². The minimum atomic E-state index is -0.651. The highest BCUT2D eigenvalue weighted by atomic mass is 16.5. The first-order valence-corrected chi connectivity index (χ1v) is 5.13. The largest absolute Gasteiger partial charge is 0.372 e. The first-order valence-electron chi connectivity index (χ1n) is 5.13. The molecule has 0 radical (unpaired) electrons. The van der Waals surface area contributed by atoms with E-state index < -0.39 is 6.04 Å². The van der Waals surface area contributed by atoms with Gasteiger partial charge in [0.1, 0.15) is 6.04 Å². The van der Waals surface area contributed by atoms with Crippen molar-refractivity contribution in [1.29, 1.82) is 0 Å². The molecule has 1 heterocycles. The average Bonchev–Trinajstić information content (AvgIpc) is 2.35. The summed E-state index contributed by atoms with van der Waals surface area (Å²) in [5, 5.41) is 2.49. The lowest BCUT2D eigenvalue weighted by Crippen LogP contribution is -2.46. The van der Waals surface area contributed by atoms with Crippen molar-refractivity contribution < 1.29 is 9.53 Å². The summed E-state index contributed by atoms with van der Waals surface area (Å²) in [6.07, 6.45) is 3.08. The van der Waals surface area contributed by atoms with Crippen LogP contribution >= 0.6 is 0 Å². The molecule has 5 nitrogen and oxygen atoms in total. The predicted molar refractivity (Wildman–Crippen MR) is 60.5 cm³/mol. The molecule has 0 aliphatic rings. The topological polar surface area (TPSA) is 77.2 Å². The van der Waals surface area contributed by atoms with Crippen LogP contribution in [-0.2, 0) is 16.1 Å². The lowest BCUT2D eigenvalue weighted by molar-refractivity contribution is -0.125. The molecule has 3 N–H and O–H groups in total. The Bertz CT molecular complexity index is 329. The summed E-state index contributed by atoms with van der Waals surface area (Å²) in [7, 11) is 1.55. The Hall–Kier alpha value is -1.46. The summed E-state index contributed by atoms with van der Waals surface area (Å²) >= 11 is 0. The molecule has 0 fully saturated rings. The van der Waals surface area contributed by atoms with E-state index in [0.717, 1.165) is 5.56 Å². The number of aromatic nitrogens is 1. The van der Waals surface area contributed by atoms with Gasteiger partial charge in [-0.15, -0.1) is 0 Å². The Kier molecular flexibility index (Phi) is 4.88. The second kappa shape index (κ2) is 6.19. The van der Waals surface area contributed by atoms with Gasteiger partial charge < -0.3 is 15.8 Å². The zero-order valence-corrected chi connectivity index (χ0v) is 9.51.